The van der Waals surface area contributed by atoms with Crippen LogP contribution in [0.3, 0.4) is 0 Å². The standard InChI is InChI=1S/C18H12N2/c1-11-9-15-14-7-4-6-13-12-5-2-3-8-16(12)20(17(13)14)18(15)19-10-11/h2-10H,1H3. The minimum atomic E-state index is 1.06. The molecular formula is C18H12N2. The number of fused-ring (bicyclic) bond motifs is 6. The lowest BCUT2D eigenvalue weighted by Gasteiger charge is -1.97. The third-order valence-corrected chi connectivity index (χ3v) is 4.20. The van der Waals surface area contributed by atoms with E-state index >= 15 is 0 Å². The zero-order valence-corrected chi connectivity index (χ0v) is 11.1. The van der Waals surface area contributed by atoms with Gasteiger partial charge >= 0.3 is 0 Å². The Morgan fingerprint density at radius 3 is 2.50 bits per heavy atom. The maximum Gasteiger partial charge on any atom is 0.145 e. The van der Waals surface area contributed by atoms with Crippen LogP contribution >= 0.6 is 0 Å². The van der Waals surface area contributed by atoms with Gasteiger partial charge in [-0.25, -0.2) is 4.98 Å². The number of benzene rings is 2. The molecule has 0 fully saturated rings. The van der Waals surface area contributed by atoms with E-state index in [1.54, 1.807) is 0 Å². The molecule has 94 valence electrons. The predicted octanol–water partition coefficient (Wildman–Crippen LogP) is 4.54. The van der Waals surface area contributed by atoms with Crippen molar-refractivity contribution in [1.29, 1.82) is 0 Å². The first-order valence-electron chi connectivity index (χ1n) is 6.84. The van der Waals surface area contributed by atoms with Gasteiger partial charge in [0.25, 0.3) is 0 Å². The summed E-state index contributed by atoms with van der Waals surface area (Å²) in [5.74, 6) is 0. The SMILES string of the molecule is Cc1cnc2c(c1)c1cccc3c4ccccc4n2c31. The second-order valence-corrected chi connectivity index (χ2v) is 5.44. The third kappa shape index (κ3) is 1.04. The Bertz CT molecular complexity index is 1100. The topological polar surface area (TPSA) is 17.3 Å². The number of para-hydroxylation sites is 2. The number of nitrogens with zero attached hydrogens (tertiary/aromatic N) is 2. The molecule has 3 heterocycles. The van der Waals surface area contributed by atoms with Crippen LogP contribution in [0.5, 0.6) is 0 Å². The summed E-state index contributed by atoms with van der Waals surface area (Å²) in [6.07, 6.45) is 1.95. The van der Waals surface area contributed by atoms with Gasteiger partial charge in [-0.15, -0.1) is 0 Å². The first-order valence-corrected chi connectivity index (χ1v) is 6.84. The summed E-state index contributed by atoms with van der Waals surface area (Å²) in [5, 5.41) is 5.16. The Morgan fingerprint density at radius 2 is 1.60 bits per heavy atom. The first-order chi connectivity index (χ1) is 9.84. The van der Waals surface area contributed by atoms with Crippen molar-refractivity contribution in [3.8, 4) is 0 Å². The van der Waals surface area contributed by atoms with Gasteiger partial charge in [0.1, 0.15) is 5.65 Å². The van der Waals surface area contributed by atoms with Gasteiger partial charge in [0.05, 0.1) is 11.0 Å². The Labute approximate surface area is 115 Å². The summed E-state index contributed by atoms with van der Waals surface area (Å²) < 4.78 is 2.30. The van der Waals surface area contributed by atoms with Crippen molar-refractivity contribution < 1.29 is 0 Å². The van der Waals surface area contributed by atoms with Crippen molar-refractivity contribution in [1.82, 2.24) is 9.38 Å². The van der Waals surface area contributed by atoms with E-state index in [0.717, 1.165) is 5.65 Å². The van der Waals surface area contributed by atoms with Gasteiger partial charge in [0.2, 0.25) is 0 Å². The summed E-state index contributed by atoms with van der Waals surface area (Å²) in [7, 11) is 0. The lowest BCUT2D eigenvalue weighted by molar-refractivity contribution is 1.24. The van der Waals surface area contributed by atoms with Crippen LogP contribution < -0.4 is 0 Å². The van der Waals surface area contributed by atoms with Crippen LogP contribution in [0.4, 0.5) is 0 Å². The number of pyridine rings is 1. The molecule has 2 nitrogen and oxygen atoms in total. The van der Waals surface area contributed by atoms with Gasteiger partial charge in [-0.05, 0) is 24.6 Å². The third-order valence-electron chi connectivity index (χ3n) is 4.20. The molecule has 0 aliphatic carbocycles. The van der Waals surface area contributed by atoms with Gasteiger partial charge in [-0.2, -0.15) is 0 Å². The zero-order chi connectivity index (χ0) is 13.3. The average Bonchev–Trinajstić information content (AvgIpc) is 2.98. The number of aryl methyl sites for hydroxylation is 1. The van der Waals surface area contributed by atoms with Gasteiger partial charge in [-0.3, -0.25) is 4.40 Å². The largest absolute Gasteiger partial charge is 0.293 e. The number of hydrogen-bond donors (Lipinski definition) is 0. The molecule has 3 aromatic heterocycles. The molecule has 5 rings (SSSR count). The Morgan fingerprint density at radius 1 is 0.850 bits per heavy atom. The zero-order valence-electron chi connectivity index (χ0n) is 11.1. The highest BCUT2D eigenvalue weighted by atomic mass is 15.0. The second-order valence-electron chi connectivity index (χ2n) is 5.44. The van der Waals surface area contributed by atoms with Crippen molar-refractivity contribution in [3.05, 3.63) is 60.3 Å². The van der Waals surface area contributed by atoms with E-state index in [-0.39, 0.29) is 0 Å². The quantitative estimate of drug-likeness (QED) is 0.397. The van der Waals surface area contributed by atoms with Crippen molar-refractivity contribution in [3.63, 3.8) is 0 Å². The fourth-order valence-corrected chi connectivity index (χ4v) is 3.39. The maximum absolute atomic E-state index is 4.68. The van der Waals surface area contributed by atoms with Crippen LogP contribution in [-0.2, 0) is 0 Å². The predicted molar refractivity (Wildman–Crippen MR) is 83.6 cm³/mol. The fraction of sp³-hybridized carbons (Fsp3) is 0.0556. The monoisotopic (exact) mass is 256 g/mol. The molecule has 0 saturated carbocycles. The molecule has 2 heteroatoms. The van der Waals surface area contributed by atoms with Crippen molar-refractivity contribution >= 4 is 38.2 Å². The number of hydrogen-bond acceptors (Lipinski definition) is 1. The summed E-state index contributed by atoms with van der Waals surface area (Å²) in [5.41, 5.74) is 4.80. The van der Waals surface area contributed by atoms with Crippen LogP contribution in [0, 0.1) is 6.92 Å². The van der Waals surface area contributed by atoms with Crippen LogP contribution in [0.2, 0.25) is 0 Å². The highest BCUT2D eigenvalue weighted by Gasteiger charge is 2.16. The van der Waals surface area contributed by atoms with Crippen molar-refractivity contribution in [2.45, 2.75) is 6.92 Å². The molecule has 0 atom stereocenters. The fourth-order valence-electron chi connectivity index (χ4n) is 3.39. The first kappa shape index (κ1) is 10.2. The molecule has 5 aromatic rings. The molecule has 0 unspecified atom stereocenters. The molecule has 0 bridgehead atoms. The number of aromatic nitrogens is 2. The Kier molecular flexibility index (Phi) is 1.68. The number of rotatable bonds is 0. The van der Waals surface area contributed by atoms with Gasteiger partial charge in [0.15, 0.2) is 0 Å². The molecule has 0 radical (unpaired) electrons. The van der Waals surface area contributed by atoms with Gasteiger partial charge in [-0.1, -0.05) is 36.4 Å². The van der Waals surface area contributed by atoms with Crippen LogP contribution in [-0.4, -0.2) is 9.38 Å². The molecule has 2 aromatic carbocycles. The summed E-state index contributed by atoms with van der Waals surface area (Å²) in [4.78, 5) is 4.68. The van der Waals surface area contributed by atoms with E-state index in [0.29, 0.717) is 0 Å². The smallest absolute Gasteiger partial charge is 0.145 e. The van der Waals surface area contributed by atoms with Crippen molar-refractivity contribution in [2.24, 2.45) is 0 Å². The normalized spacial score (nSPS) is 12.2. The lowest BCUT2D eigenvalue weighted by Crippen LogP contribution is -1.84. The maximum atomic E-state index is 4.68. The highest BCUT2D eigenvalue weighted by Crippen LogP contribution is 2.37. The Balaban J connectivity index is 2.27. The van der Waals surface area contributed by atoms with Crippen molar-refractivity contribution in [2.75, 3.05) is 0 Å². The molecule has 0 spiro atoms. The minimum absolute atomic E-state index is 1.06. The van der Waals surface area contributed by atoms with E-state index in [9.17, 15) is 0 Å². The van der Waals surface area contributed by atoms with E-state index < -0.39 is 0 Å². The van der Waals surface area contributed by atoms with Crippen LogP contribution in [0.25, 0.3) is 38.2 Å². The average molecular weight is 256 g/mol. The second kappa shape index (κ2) is 3.28. The molecule has 0 amide bonds. The van der Waals surface area contributed by atoms with E-state index in [4.69, 9.17) is 0 Å². The summed E-state index contributed by atoms with van der Waals surface area (Å²) >= 11 is 0. The molecular weight excluding hydrogens is 244 g/mol. The molecule has 0 aliphatic rings. The van der Waals surface area contributed by atoms with E-state index in [1.807, 2.05) is 6.20 Å². The van der Waals surface area contributed by atoms with Gasteiger partial charge < -0.3 is 0 Å². The molecule has 20 heavy (non-hydrogen) atoms. The van der Waals surface area contributed by atoms with Crippen LogP contribution in [0.1, 0.15) is 5.56 Å². The summed E-state index contributed by atoms with van der Waals surface area (Å²) in [6.45, 7) is 2.10. The van der Waals surface area contributed by atoms with E-state index in [2.05, 4.69) is 64.8 Å². The lowest BCUT2D eigenvalue weighted by atomic mass is 10.1. The molecule has 0 aliphatic heterocycles. The molecule has 0 saturated heterocycles. The minimum Gasteiger partial charge on any atom is -0.293 e. The van der Waals surface area contributed by atoms with Gasteiger partial charge in [0, 0.05) is 27.7 Å². The molecule has 0 N–H and O–H groups in total. The summed E-state index contributed by atoms with van der Waals surface area (Å²) in [6, 6.07) is 17.3. The van der Waals surface area contributed by atoms with E-state index in [1.165, 1.54) is 38.1 Å². The van der Waals surface area contributed by atoms with Crippen LogP contribution in [0.15, 0.2) is 54.7 Å². The Hall–Kier alpha value is -2.61. The highest BCUT2D eigenvalue weighted by molar-refractivity contribution is 6.22.